The van der Waals surface area contributed by atoms with Crippen LogP contribution in [-0.4, -0.2) is 21.8 Å². The minimum atomic E-state index is -0.993. The molecule has 0 bridgehead atoms. The molecule has 0 aromatic rings. The van der Waals surface area contributed by atoms with Gasteiger partial charge in [0.1, 0.15) is 0 Å². The van der Waals surface area contributed by atoms with E-state index in [0.717, 1.165) is 25.7 Å². The maximum atomic E-state index is 11.4. The van der Waals surface area contributed by atoms with Gasteiger partial charge in [-0.05, 0) is 26.2 Å². The molecule has 1 saturated carbocycles. The van der Waals surface area contributed by atoms with Gasteiger partial charge in [0.05, 0.1) is 11.0 Å². The summed E-state index contributed by atoms with van der Waals surface area (Å²) in [6.07, 6.45) is 5.63. The Morgan fingerprint density at radius 3 is 2.27 bits per heavy atom. The molecular weight excluding hydrogens is 192 g/mol. The topological polar surface area (TPSA) is 57.5 Å². The van der Waals surface area contributed by atoms with Crippen molar-refractivity contribution < 1.29 is 15.0 Å². The van der Waals surface area contributed by atoms with Crippen LogP contribution in [-0.2, 0) is 4.79 Å². The summed E-state index contributed by atoms with van der Waals surface area (Å²) in [6, 6.07) is 0. The van der Waals surface area contributed by atoms with Gasteiger partial charge in [-0.15, -0.1) is 0 Å². The second-order valence-corrected chi connectivity index (χ2v) is 4.98. The molecule has 1 rings (SSSR count). The Hall–Kier alpha value is -0.570. The zero-order valence-corrected chi connectivity index (χ0v) is 9.75. The van der Waals surface area contributed by atoms with Crippen LogP contribution in [0.4, 0.5) is 0 Å². The van der Waals surface area contributed by atoms with Crippen LogP contribution in [0.5, 0.6) is 0 Å². The van der Waals surface area contributed by atoms with Crippen molar-refractivity contribution in [2.45, 2.75) is 64.4 Å². The fraction of sp³-hybridized carbons (Fsp3) is 0.917. The van der Waals surface area contributed by atoms with Gasteiger partial charge in [-0.3, -0.25) is 4.79 Å². The number of carbonyl (C=O) groups is 1. The van der Waals surface area contributed by atoms with Crippen molar-refractivity contribution in [3.8, 4) is 0 Å². The minimum Gasteiger partial charge on any atom is -0.481 e. The Balaban J connectivity index is 2.90. The van der Waals surface area contributed by atoms with Gasteiger partial charge in [-0.1, -0.05) is 32.6 Å². The lowest BCUT2D eigenvalue weighted by Gasteiger charge is -2.44. The Bertz CT molecular complexity index is 231. The number of hydrogen-bond donors (Lipinski definition) is 2. The standard InChI is InChI=1S/C12H22O3/c1-3-7-11(2,10(13)14)12(15)8-5-4-6-9-12/h15H,3-9H2,1-2H3,(H,13,14). The summed E-state index contributed by atoms with van der Waals surface area (Å²) in [5.41, 5.74) is -1.96. The monoisotopic (exact) mass is 214 g/mol. The van der Waals surface area contributed by atoms with E-state index in [9.17, 15) is 15.0 Å². The molecule has 1 fully saturated rings. The van der Waals surface area contributed by atoms with Gasteiger partial charge in [0.15, 0.2) is 0 Å². The van der Waals surface area contributed by atoms with Crippen molar-refractivity contribution in [3.63, 3.8) is 0 Å². The van der Waals surface area contributed by atoms with Gasteiger partial charge in [0.25, 0.3) is 0 Å². The average molecular weight is 214 g/mol. The largest absolute Gasteiger partial charge is 0.481 e. The highest BCUT2D eigenvalue weighted by Crippen LogP contribution is 2.45. The van der Waals surface area contributed by atoms with Crippen LogP contribution >= 0.6 is 0 Å². The normalized spacial score (nSPS) is 24.5. The first-order chi connectivity index (χ1) is 6.96. The highest BCUT2D eigenvalue weighted by atomic mass is 16.4. The SMILES string of the molecule is CCCC(C)(C(=O)O)C1(O)CCCCC1. The Labute approximate surface area is 91.5 Å². The van der Waals surface area contributed by atoms with Crippen LogP contribution in [0.3, 0.4) is 0 Å². The summed E-state index contributed by atoms with van der Waals surface area (Å²) >= 11 is 0. The van der Waals surface area contributed by atoms with E-state index in [1.54, 1.807) is 6.92 Å². The molecule has 0 aliphatic heterocycles. The number of carboxylic acids is 1. The maximum Gasteiger partial charge on any atom is 0.312 e. The molecule has 88 valence electrons. The maximum absolute atomic E-state index is 11.4. The molecule has 1 atom stereocenters. The van der Waals surface area contributed by atoms with Crippen molar-refractivity contribution >= 4 is 5.97 Å². The summed E-state index contributed by atoms with van der Waals surface area (Å²) < 4.78 is 0. The number of aliphatic carboxylic acids is 1. The molecule has 3 nitrogen and oxygen atoms in total. The van der Waals surface area contributed by atoms with E-state index in [1.807, 2.05) is 6.92 Å². The number of hydrogen-bond acceptors (Lipinski definition) is 2. The Kier molecular flexibility index (Phi) is 3.77. The van der Waals surface area contributed by atoms with Crippen LogP contribution < -0.4 is 0 Å². The van der Waals surface area contributed by atoms with Crippen molar-refractivity contribution in [1.82, 2.24) is 0 Å². The summed E-state index contributed by atoms with van der Waals surface area (Å²) in [7, 11) is 0. The molecule has 15 heavy (non-hydrogen) atoms. The van der Waals surface area contributed by atoms with Gasteiger partial charge in [-0.2, -0.15) is 0 Å². The summed E-state index contributed by atoms with van der Waals surface area (Å²) in [6.45, 7) is 3.66. The molecule has 1 unspecified atom stereocenters. The number of carboxylic acid groups (broad SMARTS) is 1. The third-order valence-corrected chi connectivity index (χ3v) is 3.93. The first-order valence-corrected chi connectivity index (χ1v) is 5.92. The summed E-state index contributed by atoms with van der Waals surface area (Å²) in [5, 5.41) is 19.8. The van der Waals surface area contributed by atoms with E-state index in [4.69, 9.17) is 0 Å². The minimum absolute atomic E-state index is 0.554. The lowest BCUT2D eigenvalue weighted by Crippen LogP contribution is -2.52. The van der Waals surface area contributed by atoms with E-state index >= 15 is 0 Å². The second-order valence-electron chi connectivity index (χ2n) is 4.98. The first-order valence-electron chi connectivity index (χ1n) is 5.92. The van der Waals surface area contributed by atoms with E-state index in [-0.39, 0.29) is 0 Å². The molecular formula is C12H22O3. The van der Waals surface area contributed by atoms with Crippen LogP contribution in [0.25, 0.3) is 0 Å². The third kappa shape index (κ3) is 2.17. The van der Waals surface area contributed by atoms with E-state index in [0.29, 0.717) is 19.3 Å². The average Bonchev–Trinajstić information content (AvgIpc) is 2.18. The van der Waals surface area contributed by atoms with Gasteiger partial charge >= 0.3 is 5.97 Å². The molecule has 1 aliphatic rings. The molecule has 0 amide bonds. The highest BCUT2D eigenvalue weighted by molar-refractivity contribution is 5.75. The lowest BCUT2D eigenvalue weighted by molar-refractivity contribution is -0.173. The Morgan fingerprint density at radius 1 is 1.33 bits per heavy atom. The summed E-state index contributed by atoms with van der Waals surface area (Å²) in [4.78, 5) is 11.4. The molecule has 0 aromatic carbocycles. The van der Waals surface area contributed by atoms with Gasteiger partial charge in [0, 0.05) is 0 Å². The lowest BCUT2D eigenvalue weighted by atomic mass is 9.64. The predicted molar refractivity (Wildman–Crippen MR) is 58.7 cm³/mol. The summed E-state index contributed by atoms with van der Waals surface area (Å²) in [5.74, 6) is -0.853. The van der Waals surface area contributed by atoms with E-state index in [1.165, 1.54) is 0 Å². The van der Waals surface area contributed by atoms with Gasteiger partial charge in [0.2, 0.25) is 0 Å². The smallest absolute Gasteiger partial charge is 0.312 e. The van der Waals surface area contributed by atoms with Gasteiger partial charge in [-0.25, -0.2) is 0 Å². The fourth-order valence-corrected chi connectivity index (χ4v) is 2.73. The van der Waals surface area contributed by atoms with Gasteiger partial charge < -0.3 is 10.2 Å². The van der Waals surface area contributed by atoms with Crippen LogP contribution in [0.15, 0.2) is 0 Å². The second kappa shape index (κ2) is 4.52. The molecule has 0 heterocycles. The molecule has 0 saturated heterocycles. The molecule has 2 N–H and O–H groups in total. The number of rotatable bonds is 4. The molecule has 0 spiro atoms. The fourth-order valence-electron chi connectivity index (χ4n) is 2.73. The quantitative estimate of drug-likeness (QED) is 0.756. The predicted octanol–water partition coefficient (Wildman–Crippen LogP) is 2.57. The first kappa shape index (κ1) is 12.5. The molecule has 0 aromatic heterocycles. The number of aliphatic hydroxyl groups is 1. The van der Waals surface area contributed by atoms with Crippen molar-refractivity contribution in [1.29, 1.82) is 0 Å². The van der Waals surface area contributed by atoms with Crippen molar-refractivity contribution in [2.24, 2.45) is 5.41 Å². The third-order valence-electron chi connectivity index (χ3n) is 3.93. The molecule has 0 radical (unpaired) electrons. The Morgan fingerprint density at radius 2 is 1.87 bits per heavy atom. The van der Waals surface area contributed by atoms with E-state index in [2.05, 4.69) is 0 Å². The zero-order valence-electron chi connectivity index (χ0n) is 9.75. The van der Waals surface area contributed by atoms with Crippen LogP contribution in [0, 0.1) is 5.41 Å². The van der Waals surface area contributed by atoms with Crippen LogP contribution in [0.2, 0.25) is 0 Å². The molecule has 3 heteroatoms. The zero-order chi connectivity index (χ0) is 11.5. The van der Waals surface area contributed by atoms with Crippen molar-refractivity contribution in [3.05, 3.63) is 0 Å². The van der Waals surface area contributed by atoms with E-state index < -0.39 is 17.0 Å². The van der Waals surface area contributed by atoms with Crippen LogP contribution in [0.1, 0.15) is 58.8 Å². The molecule has 1 aliphatic carbocycles. The van der Waals surface area contributed by atoms with Crippen molar-refractivity contribution in [2.75, 3.05) is 0 Å². The highest BCUT2D eigenvalue weighted by Gasteiger charge is 2.51.